The van der Waals surface area contributed by atoms with Gasteiger partial charge in [-0.05, 0) is 12.1 Å². The summed E-state index contributed by atoms with van der Waals surface area (Å²) in [6.45, 7) is 0. The molecule has 0 aliphatic heterocycles. The van der Waals surface area contributed by atoms with E-state index in [2.05, 4.69) is 63.0 Å². The van der Waals surface area contributed by atoms with Crippen LogP contribution in [0.5, 0.6) is 0 Å². The van der Waals surface area contributed by atoms with Gasteiger partial charge in [-0.25, -0.2) is 0 Å². The molecular weight excluding hydrogens is 282 g/mol. The van der Waals surface area contributed by atoms with Crippen LogP contribution in [0.25, 0.3) is 21.8 Å². The van der Waals surface area contributed by atoms with Gasteiger partial charge in [0, 0.05) is 21.8 Å². The van der Waals surface area contributed by atoms with Gasteiger partial charge in [0.25, 0.3) is 0 Å². The molecule has 0 saturated heterocycles. The van der Waals surface area contributed by atoms with Crippen LogP contribution in [0.15, 0.2) is 48.5 Å². The highest BCUT2D eigenvalue weighted by atomic mass is 16.5. The number of H-pyrrole nitrogens is 1. The van der Waals surface area contributed by atoms with Crippen LogP contribution in [0.4, 0.5) is 0 Å². The number of carbonyl (C=O) groups excluding carboxylic acids is 2. The summed E-state index contributed by atoms with van der Waals surface area (Å²) >= 11 is 0. The van der Waals surface area contributed by atoms with Crippen molar-refractivity contribution in [1.29, 1.82) is 0 Å². The Morgan fingerprint density at radius 1 is 0.818 bits per heavy atom. The summed E-state index contributed by atoms with van der Waals surface area (Å²) in [5.41, 5.74) is 2.42. The van der Waals surface area contributed by atoms with Crippen molar-refractivity contribution in [2.45, 2.75) is 6.42 Å². The van der Waals surface area contributed by atoms with E-state index in [-0.39, 0.29) is 6.42 Å². The number of ether oxygens (including phenoxy) is 2. The third-order valence-corrected chi connectivity index (χ3v) is 3.16. The number of para-hydroxylation sites is 2. The average Bonchev–Trinajstić information content (AvgIpc) is 2.94. The van der Waals surface area contributed by atoms with Gasteiger partial charge in [0.05, 0.1) is 14.2 Å². The molecule has 0 aliphatic carbocycles. The number of carbonyl (C=O) groups is 2. The molecule has 0 fully saturated rings. The lowest BCUT2D eigenvalue weighted by Crippen LogP contribution is -2.09. The number of hydrogen-bond acceptors (Lipinski definition) is 4. The summed E-state index contributed by atoms with van der Waals surface area (Å²) in [5, 5.41) is 2.61. The van der Waals surface area contributed by atoms with Crippen molar-refractivity contribution < 1.29 is 19.1 Å². The lowest BCUT2D eigenvalue weighted by atomic mass is 10.2. The predicted octanol–water partition coefficient (Wildman–Crippen LogP) is 3.04. The van der Waals surface area contributed by atoms with Crippen LogP contribution < -0.4 is 0 Å². The molecule has 0 unspecified atom stereocenters. The first-order chi connectivity index (χ1) is 10.7. The zero-order valence-electron chi connectivity index (χ0n) is 12.5. The Labute approximate surface area is 127 Å². The van der Waals surface area contributed by atoms with Gasteiger partial charge in [-0.1, -0.05) is 36.4 Å². The van der Waals surface area contributed by atoms with Crippen molar-refractivity contribution in [3.05, 3.63) is 48.5 Å². The lowest BCUT2D eigenvalue weighted by molar-refractivity contribution is -0.151. The Bertz CT molecular complexity index is 727. The van der Waals surface area contributed by atoms with Crippen LogP contribution in [0.1, 0.15) is 6.42 Å². The molecule has 22 heavy (non-hydrogen) atoms. The number of aromatic nitrogens is 1. The highest BCUT2D eigenvalue weighted by molar-refractivity contribution is 6.06. The van der Waals surface area contributed by atoms with E-state index in [0.717, 1.165) is 0 Å². The topological polar surface area (TPSA) is 68.4 Å². The standard InChI is InChI=1S/C12H9N.C5H8O4/c1-3-7-11-9(5-1)10-6-2-4-8-12(10)13-11;1-8-4(6)3-5(7)9-2/h1-8,13H;3H2,1-2H3. The van der Waals surface area contributed by atoms with Gasteiger partial charge in [-0.15, -0.1) is 0 Å². The Morgan fingerprint density at radius 3 is 1.64 bits per heavy atom. The van der Waals surface area contributed by atoms with E-state index in [1.54, 1.807) is 0 Å². The first kappa shape index (κ1) is 15.6. The van der Waals surface area contributed by atoms with Gasteiger partial charge < -0.3 is 14.5 Å². The molecule has 0 aliphatic rings. The van der Waals surface area contributed by atoms with E-state index in [1.807, 2.05) is 0 Å². The summed E-state index contributed by atoms with van der Waals surface area (Å²) in [6.07, 6.45) is -0.312. The smallest absolute Gasteiger partial charge is 0.316 e. The summed E-state index contributed by atoms with van der Waals surface area (Å²) < 4.78 is 8.37. The average molecular weight is 299 g/mol. The van der Waals surface area contributed by atoms with Gasteiger partial charge >= 0.3 is 11.9 Å². The SMILES string of the molecule is COC(=O)CC(=O)OC.c1ccc2c(c1)[nH]c1ccccc12. The van der Waals surface area contributed by atoms with E-state index in [4.69, 9.17) is 0 Å². The van der Waals surface area contributed by atoms with E-state index in [0.29, 0.717) is 0 Å². The molecule has 1 N–H and O–H groups in total. The lowest BCUT2D eigenvalue weighted by Gasteiger charge is -1.95. The summed E-state index contributed by atoms with van der Waals surface area (Å²) in [4.78, 5) is 23.9. The van der Waals surface area contributed by atoms with E-state index >= 15 is 0 Å². The van der Waals surface area contributed by atoms with Crippen molar-refractivity contribution in [2.75, 3.05) is 14.2 Å². The first-order valence-corrected chi connectivity index (χ1v) is 6.74. The molecule has 0 saturated carbocycles. The fourth-order valence-electron chi connectivity index (χ4n) is 2.06. The Balaban J connectivity index is 0.000000175. The monoisotopic (exact) mass is 299 g/mol. The van der Waals surface area contributed by atoms with Gasteiger partial charge in [0.1, 0.15) is 6.42 Å². The maximum Gasteiger partial charge on any atom is 0.316 e. The number of aromatic amines is 1. The highest BCUT2D eigenvalue weighted by Gasteiger charge is 2.07. The number of methoxy groups -OCH3 is 2. The van der Waals surface area contributed by atoms with Crippen molar-refractivity contribution in [1.82, 2.24) is 4.98 Å². The molecule has 0 spiro atoms. The maximum absolute atomic E-state index is 10.3. The molecule has 114 valence electrons. The molecule has 2 aromatic carbocycles. The number of esters is 2. The summed E-state index contributed by atoms with van der Waals surface area (Å²) in [6, 6.07) is 16.8. The van der Waals surface area contributed by atoms with Gasteiger partial charge in [0.15, 0.2) is 0 Å². The number of benzene rings is 2. The first-order valence-electron chi connectivity index (χ1n) is 6.74. The molecule has 0 amide bonds. The minimum Gasteiger partial charge on any atom is -0.469 e. The molecule has 0 bridgehead atoms. The van der Waals surface area contributed by atoms with Crippen LogP contribution in [0.2, 0.25) is 0 Å². The summed E-state index contributed by atoms with van der Waals surface area (Å²) in [7, 11) is 2.43. The highest BCUT2D eigenvalue weighted by Crippen LogP contribution is 2.24. The molecule has 5 nitrogen and oxygen atoms in total. The van der Waals surface area contributed by atoms with Gasteiger partial charge in [-0.3, -0.25) is 9.59 Å². The van der Waals surface area contributed by atoms with Crippen molar-refractivity contribution in [3.8, 4) is 0 Å². The van der Waals surface area contributed by atoms with Crippen LogP contribution in [0, 0.1) is 0 Å². The Morgan fingerprint density at radius 2 is 1.23 bits per heavy atom. The van der Waals surface area contributed by atoms with Crippen molar-refractivity contribution in [2.24, 2.45) is 0 Å². The molecular formula is C17H17NO4. The third-order valence-electron chi connectivity index (χ3n) is 3.16. The van der Waals surface area contributed by atoms with Gasteiger partial charge in [-0.2, -0.15) is 0 Å². The molecule has 1 aromatic heterocycles. The predicted molar refractivity (Wildman–Crippen MR) is 84.5 cm³/mol. The normalized spacial score (nSPS) is 9.91. The van der Waals surface area contributed by atoms with Gasteiger partial charge in [0.2, 0.25) is 0 Å². The van der Waals surface area contributed by atoms with Crippen LogP contribution in [-0.2, 0) is 19.1 Å². The second-order valence-corrected chi connectivity index (χ2v) is 4.55. The number of fused-ring (bicyclic) bond motifs is 3. The number of nitrogens with one attached hydrogen (secondary N) is 1. The van der Waals surface area contributed by atoms with Crippen molar-refractivity contribution in [3.63, 3.8) is 0 Å². The molecule has 0 radical (unpaired) electrons. The minimum atomic E-state index is -0.582. The van der Waals surface area contributed by atoms with Crippen LogP contribution >= 0.6 is 0 Å². The van der Waals surface area contributed by atoms with E-state index < -0.39 is 11.9 Å². The molecule has 3 rings (SSSR count). The zero-order valence-corrected chi connectivity index (χ0v) is 12.5. The largest absolute Gasteiger partial charge is 0.469 e. The second kappa shape index (κ2) is 7.26. The molecule has 1 heterocycles. The van der Waals surface area contributed by atoms with Crippen LogP contribution in [-0.4, -0.2) is 31.1 Å². The zero-order chi connectivity index (χ0) is 15.9. The second-order valence-electron chi connectivity index (χ2n) is 4.55. The fraction of sp³-hybridized carbons (Fsp3) is 0.176. The third kappa shape index (κ3) is 3.63. The molecule has 5 heteroatoms. The van der Waals surface area contributed by atoms with Crippen LogP contribution in [0.3, 0.4) is 0 Å². The molecule has 3 aromatic rings. The van der Waals surface area contributed by atoms with E-state index in [1.165, 1.54) is 36.0 Å². The fourth-order valence-corrected chi connectivity index (χ4v) is 2.06. The molecule has 0 atom stereocenters. The maximum atomic E-state index is 10.3. The number of rotatable bonds is 2. The Kier molecular flexibility index (Phi) is 5.14. The quantitative estimate of drug-likeness (QED) is 0.583. The number of hydrogen-bond donors (Lipinski definition) is 1. The minimum absolute atomic E-state index is 0.312. The summed E-state index contributed by atoms with van der Waals surface area (Å²) in [5.74, 6) is -1.16. The Hall–Kier alpha value is -2.82. The van der Waals surface area contributed by atoms with Crippen molar-refractivity contribution >= 4 is 33.7 Å². The van der Waals surface area contributed by atoms with E-state index in [9.17, 15) is 9.59 Å².